The Hall–Kier alpha value is -1.55. The van der Waals surface area contributed by atoms with E-state index < -0.39 is 0 Å². The van der Waals surface area contributed by atoms with Gasteiger partial charge in [-0.15, -0.1) is 0 Å². The molecule has 0 aliphatic carbocycles. The summed E-state index contributed by atoms with van der Waals surface area (Å²) in [4.78, 5) is 11.8. The fourth-order valence-corrected chi connectivity index (χ4v) is 2.11. The van der Waals surface area contributed by atoms with Gasteiger partial charge in [0.2, 0.25) is 5.91 Å². The van der Waals surface area contributed by atoms with E-state index >= 15 is 0 Å². The van der Waals surface area contributed by atoms with Gasteiger partial charge in [-0.2, -0.15) is 0 Å². The lowest BCUT2D eigenvalue weighted by atomic mass is 10.00. The van der Waals surface area contributed by atoms with E-state index in [0.29, 0.717) is 12.5 Å². The Labute approximate surface area is 114 Å². The lowest BCUT2D eigenvalue weighted by Crippen LogP contribution is -2.30. The van der Waals surface area contributed by atoms with Gasteiger partial charge in [0.15, 0.2) is 0 Å². The number of hydrogen-bond donors (Lipinski definition) is 3. The molecule has 3 N–H and O–H groups in total. The van der Waals surface area contributed by atoms with Gasteiger partial charge in [-0.25, -0.2) is 0 Å². The fraction of sp³-hybridized carbons (Fsp3) is 0.533. The summed E-state index contributed by atoms with van der Waals surface area (Å²) in [6, 6.07) is 6.72. The van der Waals surface area contributed by atoms with Gasteiger partial charge >= 0.3 is 0 Å². The normalized spacial score (nSPS) is 12.1. The number of hydrogen-bond acceptors (Lipinski definition) is 3. The molecular weight excluding hydrogens is 242 g/mol. The maximum atomic E-state index is 11.8. The zero-order valence-corrected chi connectivity index (χ0v) is 11.4. The highest BCUT2D eigenvalue weighted by molar-refractivity contribution is 5.78. The second kappa shape index (κ2) is 8.53. The molecule has 0 heterocycles. The highest BCUT2D eigenvalue weighted by Gasteiger charge is 2.10. The molecule has 0 aromatic heterocycles. The standard InChI is InChI=1S/C15H23NO3/c1-2-4-12(7-8-17)11-16-15(19)10-13-5-3-6-14(18)9-13/h3,5-6,9,12,17-18H,2,4,7-8,10-11H2,1H3,(H,16,19). The van der Waals surface area contributed by atoms with Crippen molar-refractivity contribution in [1.82, 2.24) is 5.32 Å². The van der Waals surface area contributed by atoms with Crippen LogP contribution in [0.3, 0.4) is 0 Å². The highest BCUT2D eigenvalue weighted by atomic mass is 16.3. The number of aliphatic hydroxyl groups is 1. The third-order valence-corrected chi connectivity index (χ3v) is 3.10. The molecule has 0 saturated carbocycles. The average molecular weight is 265 g/mol. The van der Waals surface area contributed by atoms with Crippen LogP contribution < -0.4 is 5.32 Å². The van der Waals surface area contributed by atoms with Gasteiger partial charge in [0.25, 0.3) is 0 Å². The van der Waals surface area contributed by atoms with Gasteiger partial charge in [0, 0.05) is 13.2 Å². The monoisotopic (exact) mass is 265 g/mol. The Morgan fingerprint density at radius 3 is 2.79 bits per heavy atom. The van der Waals surface area contributed by atoms with Gasteiger partial charge in [-0.1, -0.05) is 25.5 Å². The third kappa shape index (κ3) is 6.25. The predicted molar refractivity (Wildman–Crippen MR) is 74.9 cm³/mol. The Bertz CT molecular complexity index is 387. The summed E-state index contributed by atoms with van der Waals surface area (Å²) in [5.41, 5.74) is 0.798. The van der Waals surface area contributed by atoms with Crippen molar-refractivity contribution < 1.29 is 15.0 Å². The first-order valence-corrected chi connectivity index (χ1v) is 6.81. The van der Waals surface area contributed by atoms with Crippen LogP contribution in [0.25, 0.3) is 0 Å². The molecule has 0 saturated heterocycles. The van der Waals surface area contributed by atoms with Gasteiger partial charge in [0.1, 0.15) is 5.75 Å². The molecule has 1 atom stereocenters. The van der Waals surface area contributed by atoms with E-state index in [4.69, 9.17) is 5.11 Å². The lowest BCUT2D eigenvalue weighted by molar-refractivity contribution is -0.120. The Balaban J connectivity index is 2.38. The number of amides is 1. The van der Waals surface area contributed by atoms with Crippen molar-refractivity contribution >= 4 is 5.91 Å². The number of benzene rings is 1. The number of phenolic OH excluding ortho intramolecular Hbond substituents is 1. The number of nitrogens with one attached hydrogen (secondary N) is 1. The number of carbonyl (C=O) groups is 1. The number of aliphatic hydroxyl groups excluding tert-OH is 1. The fourth-order valence-electron chi connectivity index (χ4n) is 2.11. The second-order valence-electron chi connectivity index (χ2n) is 4.82. The van der Waals surface area contributed by atoms with Gasteiger partial charge in [0.05, 0.1) is 6.42 Å². The Morgan fingerprint density at radius 1 is 1.37 bits per heavy atom. The molecule has 4 heteroatoms. The molecule has 0 aliphatic rings. The van der Waals surface area contributed by atoms with Crippen molar-refractivity contribution in [3.63, 3.8) is 0 Å². The molecule has 19 heavy (non-hydrogen) atoms. The van der Waals surface area contributed by atoms with E-state index in [1.165, 1.54) is 0 Å². The van der Waals surface area contributed by atoms with E-state index in [1.54, 1.807) is 18.2 Å². The maximum Gasteiger partial charge on any atom is 0.224 e. The summed E-state index contributed by atoms with van der Waals surface area (Å²) < 4.78 is 0. The minimum Gasteiger partial charge on any atom is -0.508 e. The summed E-state index contributed by atoms with van der Waals surface area (Å²) in [5.74, 6) is 0.460. The number of aromatic hydroxyl groups is 1. The van der Waals surface area contributed by atoms with E-state index in [-0.39, 0.29) is 24.7 Å². The molecule has 1 unspecified atom stereocenters. The molecule has 0 spiro atoms. The molecule has 0 bridgehead atoms. The van der Waals surface area contributed by atoms with Crippen LogP contribution in [0.15, 0.2) is 24.3 Å². The lowest BCUT2D eigenvalue weighted by Gasteiger charge is -2.15. The summed E-state index contributed by atoms with van der Waals surface area (Å²) in [6.07, 6.45) is 3.05. The van der Waals surface area contributed by atoms with Crippen LogP contribution >= 0.6 is 0 Å². The molecular formula is C15H23NO3. The molecule has 1 rings (SSSR count). The first-order valence-electron chi connectivity index (χ1n) is 6.81. The molecule has 0 aliphatic heterocycles. The first kappa shape index (κ1) is 15.5. The quantitative estimate of drug-likeness (QED) is 0.672. The van der Waals surface area contributed by atoms with Crippen LogP contribution in [0.5, 0.6) is 5.75 Å². The maximum absolute atomic E-state index is 11.8. The van der Waals surface area contributed by atoms with Crippen LogP contribution in [-0.2, 0) is 11.2 Å². The number of phenols is 1. The van der Waals surface area contributed by atoms with E-state index in [1.807, 2.05) is 6.07 Å². The number of carbonyl (C=O) groups excluding carboxylic acids is 1. The van der Waals surface area contributed by atoms with Gasteiger partial charge in [-0.05, 0) is 36.5 Å². The van der Waals surface area contributed by atoms with Crippen molar-refractivity contribution in [2.75, 3.05) is 13.2 Å². The summed E-state index contributed by atoms with van der Waals surface area (Å²) >= 11 is 0. The van der Waals surface area contributed by atoms with Crippen LogP contribution in [0.2, 0.25) is 0 Å². The summed E-state index contributed by atoms with van der Waals surface area (Å²) in [7, 11) is 0. The summed E-state index contributed by atoms with van der Waals surface area (Å²) in [5, 5.41) is 21.2. The van der Waals surface area contributed by atoms with Gasteiger partial charge in [-0.3, -0.25) is 4.79 Å². The smallest absolute Gasteiger partial charge is 0.224 e. The van der Waals surface area contributed by atoms with E-state index in [2.05, 4.69) is 12.2 Å². The molecule has 1 aromatic rings. The van der Waals surface area contributed by atoms with E-state index in [0.717, 1.165) is 24.8 Å². The minimum absolute atomic E-state index is 0.0513. The highest BCUT2D eigenvalue weighted by Crippen LogP contribution is 2.12. The molecule has 4 nitrogen and oxygen atoms in total. The first-order chi connectivity index (χ1) is 9.15. The minimum atomic E-state index is -0.0513. The molecule has 106 valence electrons. The topological polar surface area (TPSA) is 69.6 Å². The van der Waals surface area contributed by atoms with Crippen LogP contribution in [-0.4, -0.2) is 29.3 Å². The van der Waals surface area contributed by atoms with Crippen LogP contribution in [0.4, 0.5) is 0 Å². The van der Waals surface area contributed by atoms with Crippen molar-refractivity contribution in [3.05, 3.63) is 29.8 Å². The largest absolute Gasteiger partial charge is 0.508 e. The van der Waals surface area contributed by atoms with Crippen LogP contribution in [0.1, 0.15) is 31.7 Å². The van der Waals surface area contributed by atoms with Crippen molar-refractivity contribution in [3.8, 4) is 5.75 Å². The predicted octanol–water partition coefficient (Wildman–Crippen LogP) is 1.85. The van der Waals surface area contributed by atoms with Crippen molar-refractivity contribution in [2.45, 2.75) is 32.6 Å². The average Bonchev–Trinajstić information content (AvgIpc) is 2.36. The zero-order valence-electron chi connectivity index (χ0n) is 11.4. The van der Waals surface area contributed by atoms with Crippen molar-refractivity contribution in [2.24, 2.45) is 5.92 Å². The molecule has 0 radical (unpaired) electrons. The van der Waals surface area contributed by atoms with Gasteiger partial charge < -0.3 is 15.5 Å². The van der Waals surface area contributed by atoms with E-state index in [9.17, 15) is 9.90 Å². The Kier molecular flexibility index (Phi) is 6.97. The Morgan fingerprint density at radius 2 is 2.16 bits per heavy atom. The second-order valence-corrected chi connectivity index (χ2v) is 4.82. The molecule has 0 fully saturated rings. The van der Waals surface area contributed by atoms with Crippen molar-refractivity contribution in [1.29, 1.82) is 0 Å². The summed E-state index contributed by atoms with van der Waals surface area (Å²) in [6.45, 7) is 2.86. The SMILES string of the molecule is CCCC(CCO)CNC(=O)Cc1cccc(O)c1. The van der Waals surface area contributed by atoms with Crippen LogP contribution in [0, 0.1) is 5.92 Å². The third-order valence-electron chi connectivity index (χ3n) is 3.10. The number of rotatable bonds is 8. The zero-order chi connectivity index (χ0) is 14.1. The molecule has 1 aromatic carbocycles. The molecule has 1 amide bonds.